The fourth-order valence-corrected chi connectivity index (χ4v) is 3.15. The van der Waals surface area contributed by atoms with E-state index < -0.39 is 12.1 Å². The number of carbonyl (C=O) groups is 2. The fraction of sp³-hybridized carbons (Fsp3) is 0.667. The molecule has 1 aromatic rings. The summed E-state index contributed by atoms with van der Waals surface area (Å²) in [6, 6.07) is 0. The maximum absolute atomic E-state index is 12.3. The average Bonchev–Trinajstić information content (AvgIpc) is 2.78. The third-order valence-electron chi connectivity index (χ3n) is 4.71. The lowest BCUT2D eigenvalue weighted by Crippen LogP contribution is -2.38. The molecule has 0 spiro atoms. The molecule has 1 aliphatic rings. The fourth-order valence-electron chi connectivity index (χ4n) is 3.15. The van der Waals surface area contributed by atoms with Crippen LogP contribution in [0.15, 0.2) is 4.42 Å². The molecule has 1 aliphatic carbocycles. The monoisotopic (exact) mass is 321 g/mol. The number of furan rings is 1. The number of esters is 1. The van der Waals surface area contributed by atoms with Gasteiger partial charge >= 0.3 is 5.97 Å². The first-order valence-electron chi connectivity index (χ1n) is 8.45. The Morgan fingerprint density at radius 1 is 1.17 bits per heavy atom. The van der Waals surface area contributed by atoms with E-state index >= 15 is 0 Å². The number of aryl methyl sites for hydroxylation is 2. The second-order valence-corrected chi connectivity index (χ2v) is 6.51. The van der Waals surface area contributed by atoms with Crippen LogP contribution < -0.4 is 5.32 Å². The van der Waals surface area contributed by atoms with Gasteiger partial charge in [-0.25, -0.2) is 4.79 Å². The Hall–Kier alpha value is -1.78. The van der Waals surface area contributed by atoms with Gasteiger partial charge in [0.25, 0.3) is 5.91 Å². The summed E-state index contributed by atoms with van der Waals surface area (Å²) >= 11 is 0. The van der Waals surface area contributed by atoms with E-state index in [0.717, 1.165) is 5.56 Å². The van der Waals surface area contributed by atoms with Crippen molar-refractivity contribution in [3.8, 4) is 0 Å². The van der Waals surface area contributed by atoms with E-state index in [1.165, 1.54) is 32.1 Å². The highest BCUT2D eigenvalue weighted by Gasteiger charge is 2.25. The summed E-state index contributed by atoms with van der Waals surface area (Å²) in [6.07, 6.45) is 5.30. The normalized spacial score (nSPS) is 16.9. The molecule has 0 unspecified atom stereocenters. The van der Waals surface area contributed by atoms with Crippen LogP contribution in [-0.2, 0) is 9.53 Å². The van der Waals surface area contributed by atoms with E-state index in [0.29, 0.717) is 29.5 Å². The van der Waals surface area contributed by atoms with Crippen LogP contribution in [0.2, 0.25) is 0 Å². The summed E-state index contributed by atoms with van der Waals surface area (Å²) in [4.78, 5) is 24.4. The van der Waals surface area contributed by atoms with Crippen molar-refractivity contribution in [2.24, 2.45) is 5.92 Å². The first kappa shape index (κ1) is 17.6. The number of hydrogen-bond acceptors (Lipinski definition) is 4. The van der Waals surface area contributed by atoms with Crippen LogP contribution in [-0.4, -0.2) is 24.5 Å². The maximum Gasteiger partial charge on any atom is 0.342 e. The largest absolute Gasteiger partial charge is 0.465 e. The van der Waals surface area contributed by atoms with Crippen LogP contribution in [0, 0.1) is 26.7 Å². The topological polar surface area (TPSA) is 68.5 Å². The minimum atomic E-state index is -0.805. The van der Waals surface area contributed by atoms with Crippen molar-refractivity contribution in [3.63, 3.8) is 0 Å². The summed E-state index contributed by atoms with van der Waals surface area (Å²) in [5, 5.41) is 2.90. The van der Waals surface area contributed by atoms with Gasteiger partial charge in [0.15, 0.2) is 6.10 Å². The second kappa shape index (κ2) is 7.66. The number of nitrogens with one attached hydrogen (secondary N) is 1. The van der Waals surface area contributed by atoms with Gasteiger partial charge in [0.2, 0.25) is 0 Å². The Bertz CT molecular complexity index is 570. The molecule has 1 N–H and O–H groups in total. The zero-order chi connectivity index (χ0) is 17.0. The zero-order valence-corrected chi connectivity index (χ0v) is 14.5. The Labute approximate surface area is 137 Å². The number of ether oxygens (including phenoxy) is 1. The molecule has 1 saturated carbocycles. The number of hydrogen-bond donors (Lipinski definition) is 1. The minimum Gasteiger partial charge on any atom is -0.465 e. The number of rotatable bonds is 5. The predicted octanol–water partition coefficient (Wildman–Crippen LogP) is 3.45. The van der Waals surface area contributed by atoms with Crippen molar-refractivity contribution >= 4 is 11.9 Å². The lowest BCUT2D eigenvalue weighted by molar-refractivity contribution is -0.129. The van der Waals surface area contributed by atoms with Crippen LogP contribution in [0.25, 0.3) is 0 Å². The van der Waals surface area contributed by atoms with Crippen molar-refractivity contribution < 1.29 is 18.7 Å². The maximum atomic E-state index is 12.3. The molecule has 1 amide bonds. The van der Waals surface area contributed by atoms with Gasteiger partial charge in [-0.1, -0.05) is 19.3 Å². The lowest BCUT2D eigenvalue weighted by atomic mass is 9.89. The highest BCUT2D eigenvalue weighted by molar-refractivity contribution is 5.94. The van der Waals surface area contributed by atoms with Crippen LogP contribution in [0.1, 0.15) is 66.5 Å². The molecule has 5 nitrogen and oxygen atoms in total. The highest BCUT2D eigenvalue weighted by atomic mass is 16.5. The zero-order valence-electron chi connectivity index (χ0n) is 14.5. The molecular formula is C18H27NO4. The third kappa shape index (κ3) is 4.36. The molecule has 5 heteroatoms. The first-order valence-corrected chi connectivity index (χ1v) is 8.45. The van der Waals surface area contributed by atoms with Crippen LogP contribution in [0.3, 0.4) is 0 Å². The molecule has 1 heterocycles. The molecule has 2 rings (SSSR count). The Morgan fingerprint density at radius 2 is 1.83 bits per heavy atom. The Kier molecular flexibility index (Phi) is 5.85. The average molecular weight is 321 g/mol. The summed E-state index contributed by atoms with van der Waals surface area (Å²) in [6.45, 7) is 7.62. The van der Waals surface area contributed by atoms with E-state index in [4.69, 9.17) is 9.15 Å². The van der Waals surface area contributed by atoms with E-state index in [9.17, 15) is 9.59 Å². The number of amides is 1. The van der Waals surface area contributed by atoms with Crippen LogP contribution >= 0.6 is 0 Å². The van der Waals surface area contributed by atoms with Gasteiger partial charge in [0.05, 0.1) is 0 Å². The summed E-state index contributed by atoms with van der Waals surface area (Å²) < 4.78 is 10.7. The molecule has 128 valence electrons. The number of carbonyl (C=O) groups excluding carboxylic acids is 2. The van der Waals surface area contributed by atoms with E-state index in [1.807, 2.05) is 6.92 Å². The molecular weight excluding hydrogens is 294 g/mol. The van der Waals surface area contributed by atoms with E-state index in [2.05, 4.69) is 5.32 Å². The molecule has 0 bridgehead atoms. The van der Waals surface area contributed by atoms with Gasteiger partial charge in [-0.2, -0.15) is 0 Å². The van der Waals surface area contributed by atoms with Crippen molar-refractivity contribution in [1.29, 1.82) is 0 Å². The second-order valence-electron chi connectivity index (χ2n) is 6.51. The van der Waals surface area contributed by atoms with Crippen molar-refractivity contribution in [1.82, 2.24) is 5.32 Å². The van der Waals surface area contributed by atoms with Gasteiger partial charge in [-0.3, -0.25) is 4.79 Å². The van der Waals surface area contributed by atoms with Gasteiger partial charge < -0.3 is 14.5 Å². The molecule has 0 radical (unpaired) electrons. The molecule has 0 aliphatic heterocycles. The molecule has 1 fully saturated rings. The van der Waals surface area contributed by atoms with Gasteiger partial charge in [-0.05, 0) is 46.5 Å². The standard InChI is InChI=1S/C18H27NO4/c1-11-12(2)22-13(3)16(11)18(21)23-14(4)17(20)19-10-15-8-6-5-7-9-15/h14-15H,5-10H2,1-4H3,(H,19,20)/t14-/m1/s1. The smallest absolute Gasteiger partial charge is 0.342 e. The van der Waals surface area contributed by atoms with Gasteiger partial charge in [-0.15, -0.1) is 0 Å². The highest BCUT2D eigenvalue weighted by Crippen LogP contribution is 2.23. The molecule has 0 saturated heterocycles. The van der Waals surface area contributed by atoms with Gasteiger partial charge in [0, 0.05) is 12.1 Å². The SMILES string of the molecule is Cc1oc(C)c(C(=O)O[C@H](C)C(=O)NCC2CCCCC2)c1C. The van der Waals surface area contributed by atoms with Gasteiger partial charge in [0.1, 0.15) is 17.1 Å². The molecule has 1 aromatic heterocycles. The predicted molar refractivity (Wildman–Crippen MR) is 87.4 cm³/mol. The lowest BCUT2D eigenvalue weighted by Gasteiger charge is -2.22. The van der Waals surface area contributed by atoms with Crippen molar-refractivity contribution in [2.45, 2.75) is 65.9 Å². The summed E-state index contributed by atoms with van der Waals surface area (Å²) in [7, 11) is 0. The van der Waals surface area contributed by atoms with Crippen LogP contribution in [0.4, 0.5) is 0 Å². The summed E-state index contributed by atoms with van der Waals surface area (Å²) in [5.74, 6) is 1.04. The molecule has 0 aromatic carbocycles. The quantitative estimate of drug-likeness (QED) is 0.843. The van der Waals surface area contributed by atoms with Crippen molar-refractivity contribution in [2.75, 3.05) is 6.54 Å². The summed E-state index contributed by atoms with van der Waals surface area (Å²) in [5.41, 5.74) is 1.19. The first-order chi connectivity index (χ1) is 10.9. The van der Waals surface area contributed by atoms with E-state index in [-0.39, 0.29) is 5.91 Å². The van der Waals surface area contributed by atoms with Crippen LogP contribution in [0.5, 0.6) is 0 Å². The van der Waals surface area contributed by atoms with E-state index in [1.54, 1.807) is 20.8 Å². The Balaban J connectivity index is 1.86. The van der Waals surface area contributed by atoms with Crippen molar-refractivity contribution in [3.05, 3.63) is 22.6 Å². The Morgan fingerprint density at radius 3 is 2.39 bits per heavy atom. The molecule has 1 atom stereocenters. The minimum absolute atomic E-state index is 0.237. The molecule has 23 heavy (non-hydrogen) atoms. The third-order valence-corrected chi connectivity index (χ3v) is 4.71.